The normalized spacial score (nSPS) is 31.3. The molecule has 4 fully saturated rings. The van der Waals surface area contributed by atoms with E-state index >= 15 is 8.78 Å². The fourth-order valence-electron chi connectivity index (χ4n) is 8.43. The van der Waals surface area contributed by atoms with Gasteiger partial charge >= 0.3 is 6.09 Å². The summed E-state index contributed by atoms with van der Waals surface area (Å²) in [5.74, 6) is -9.85. The van der Waals surface area contributed by atoms with Crippen LogP contribution in [0.5, 0.6) is 11.6 Å². The molecule has 7 rings (SSSR count). The van der Waals surface area contributed by atoms with Gasteiger partial charge in [-0.05, 0) is 75.3 Å². The Morgan fingerprint density at radius 2 is 1.78 bits per heavy atom. The largest absolute Gasteiger partial charge is 0.497 e. The quantitative estimate of drug-likeness (QED) is 0.304. The number of hydrogen-bond donors (Lipinski definition) is 3. The minimum Gasteiger partial charge on any atom is -0.497 e. The summed E-state index contributed by atoms with van der Waals surface area (Å²) in [4.78, 5) is 66.3. The zero-order valence-corrected chi connectivity index (χ0v) is 35.2. The summed E-state index contributed by atoms with van der Waals surface area (Å²) in [6, 6.07) is 1.59. The number of carbonyl (C=O) groups is 4. The molecule has 2 bridgehead atoms. The molecule has 3 heterocycles. The number of nitrogens with zero attached hydrogens (tertiary/aromatic N) is 3. The molecule has 60 heavy (non-hydrogen) atoms. The van der Waals surface area contributed by atoms with Crippen LogP contribution in [-0.2, 0) is 35.1 Å². The van der Waals surface area contributed by atoms with E-state index in [1.165, 1.54) is 26.2 Å². The number of ether oxygens (including phenoxy) is 3. The van der Waals surface area contributed by atoms with Gasteiger partial charge in [-0.25, -0.2) is 32.0 Å². The zero-order chi connectivity index (χ0) is 43.7. The highest BCUT2D eigenvalue weighted by Crippen LogP contribution is 2.50. The Labute approximate surface area is 345 Å². The van der Waals surface area contributed by atoms with Crippen LogP contribution in [0.2, 0.25) is 0 Å². The predicted molar refractivity (Wildman–Crippen MR) is 207 cm³/mol. The number of nitrogens with one attached hydrogen (secondary N) is 3. The fraction of sp³-hybridized carbons (Fsp3) is 0.700. The highest BCUT2D eigenvalue weighted by molar-refractivity contribution is 7.91. The molecule has 0 spiro atoms. The van der Waals surface area contributed by atoms with E-state index in [9.17, 15) is 36.4 Å². The first kappa shape index (κ1) is 43.6. The van der Waals surface area contributed by atoms with E-state index in [-0.39, 0.29) is 42.6 Å². The minimum atomic E-state index is -4.31. The molecule has 1 saturated heterocycles. The van der Waals surface area contributed by atoms with Crippen LogP contribution in [0.15, 0.2) is 18.2 Å². The van der Waals surface area contributed by atoms with Crippen LogP contribution < -0.4 is 24.8 Å². The maximum Gasteiger partial charge on any atom is 0.408 e. The lowest BCUT2D eigenvalue weighted by Gasteiger charge is -2.36. The molecule has 3 aliphatic carbocycles. The molecular formula is C40H52F4N6O9S. The predicted octanol–water partition coefficient (Wildman–Crippen LogP) is 4.96. The number of amides is 4. The molecule has 20 heteroatoms. The lowest BCUT2D eigenvalue weighted by Crippen LogP contribution is -2.61. The molecule has 1 aromatic heterocycles. The average Bonchev–Trinajstić information content (AvgIpc) is 4.12. The monoisotopic (exact) mass is 868 g/mol. The second-order valence-electron chi connectivity index (χ2n) is 18.2. The molecule has 3 saturated carbocycles. The lowest BCUT2D eigenvalue weighted by molar-refractivity contribution is -0.144. The average molecular weight is 869 g/mol. The number of fused-ring (bicyclic) bond motifs is 5. The van der Waals surface area contributed by atoms with Crippen molar-refractivity contribution >= 4 is 44.9 Å². The maximum absolute atomic E-state index is 16.3. The van der Waals surface area contributed by atoms with E-state index in [0.717, 1.165) is 4.90 Å². The summed E-state index contributed by atoms with van der Waals surface area (Å²) < 4.78 is 105. The van der Waals surface area contributed by atoms with E-state index in [4.69, 9.17) is 14.2 Å². The Morgan fingerprint density at radius 1 is 1.07 bits per heavy atom. The van der Waals surface area contributed by atoms with Crippen LogP contribution >= 0.6 is 0 Å². The van der Waals surface area contributed by atoms with Gasteiger partial charge in [0.25, 0.3) is 11.8 Å². The van der Waals surface area contributed by atoms with Gasteiger partial charge in [-0.15, -0.1) is 0 Å². The Bertz CT molecular complexity index is 2170. The number of alkyl carbamates (subject to hydrolysis) is 1. The first-order valence-corrected chi connectivity index (χ1v) is 21.9. The Hall–Kier alpha value is -4.49. The van der Waals surface area contributed by atoms with Crippen LogP contribution in [0, 0.1) is 23.2 Å². The highest BCUT2D eigenvalue weighted by atomic mass is 32.2. The molecule has 0 radical (unpaired) electrons. The number of halogens is 4. The van der Waals surface area contributed by atoms with Crippen molar-refractivity contribution in [3.05, 3.63) is 23.9 Å². The molecule has 8 atom stereocenters. The van der Waals surface area contributed by atoms with Crippen molar-refractivity contribution in [2.24, 2.45) is 23.2 Å². The maximum atomic E-state index is 16.3. The van der Waals surface area contributed by atoms with Crippen molar-refractivity contribution in [2.45, 2.75) is 139 Å². The van der Waals surface area contributed by atoms with E-state index in [1.807, 2.05) is 4.72 Å². The zero-order valence-electron chi connectivity index (χ0n) is 34.4. The third-order valence-corrected chi connectivity index (χ3v) is 14.9. The fourth-order valence-corrected chi connectivity index (χ4v) is 9.74. The first-order chi connectivity index (χ1) is 28.0. The third-order valence-electron chi connectivity index (χ3n) is 12.8. The first-order valence-electron chi connectivity index (χ1n) is 20.4. The molecular weight excluding hydrogens is 817 g/mol. The number of hydrogen-bond acceptors (Lipinski definition) is 11. The standard InChI is InChI=1S/C40H52F4N6O9S/c1-7-22-27-19-50(28(22)32(51)48-39(18-23(39)31(41)42)35(53)49-60(55,56)38(5)14-15-38)34(52)30(37(2,3)4)47-36(54)59-26-16-20(26)10-8-9-13-40(43,44)29-33(58-27)46-25-17-21(57-6)11-12-24(25)45-29/h11-12,17,20,22-23,26-28,30-31H,7-10,13-16,18-19H2,1-6H3,(H,47,54)(H,48,51)(H,49,53)/t20-,22-,23+,26-,27+,28+,30-,39-/m1/s1. The summed E-state index contributed by atoms with van der Waals surface area (Å²) in [5, 5.41) is 5.06. The molecule has 330 valence electrons. The summed E-state index contributed by atoms with van der Waals surface area (Å²) in [7, 11) is -2.89. The number of methoxy groups -OCH3 is 1. The molecule has 5 aliphatic rings. The van der Waals surface area contributed by atoms with Crippen LogP contribution in [0.1, 0.15) is 98.1 Å². The van der Waals surface area contributed by atoms with Gasteiger partial charge in [0.15, 0.2) is 5.69 Å². The van der Waals surface area contributed by atoms with Gasteiger partial charge in [0.05, 0.1) is 35.4 Å². The second-order valence-corrected chi connectivity index (χ2v) is 20.4. The molecule has 2 aromatic rings. The Balaban J connectivity index is 1.30. The number of alkyl halides is 4. The topological polar surface area (TPSA) is 195 Å². The third kappa shape index (κ3) is 8.28. The van der Waals surface area contributed by atoms with Crippen LogP contribution in [-0.4, -0.2) is 102 Å². The number of aromatic nitrogens is 2. The molecule has 1 aromatic carbocycles. The van der Waals surface area contributed by atoms with Crippen molar-refractivity contribution in [2.75, 3.05) is 13.7 Å². The summed E-state index contributed by atoms with van der Waals surface area (Å²) in [6.07, 6.45) is -4.91. The van der Waals surface area contributed by atoms with Gasteiger partial charge in [-0.3, -0.25) is 19.1 Å². The van der Waals surface area contributed by atoms with Crippen molar-refractivity contribution < 1.29 is 59.4 Å². The molecule has 15 nitrogen and oxygen atoms in total. The van der Waals surface area contributed by atoms with Crippen molar-refractivity contribution in [1.82, 2.24) is 30.2 Å². The number of sulfonamides is 1. The van der Waals surface area contributed by atoms with Crippen molar-refractivity contribution in [3.8, 4) is 11.6 Å². The SMILES string of the molecule is CC[C@@H]1[C@@H]2CN(C(=O)[C@H](C(C)(C)C)NC(=O)O[C@@H]3C[C@H]3CCCCC(F)(F)c3nc4ccc(OC)cc4nc3O2)[C@@H]1C(=O)N[C@]1(C(=O)NS(=O)(=O)C2(C)CC2)C[C@H]1C(F)F. The Morgan fingerprint density at radius 3 is 2.40 bits per heavy atom. The smallest absolute Gasteiger partial charge is 0.408 e. The van der Waals surface area contributed by atoms with Gasteiger partial charge in [0.2, 0.25) is 34.1 Å². The van der Waals surface area contributed by atoms with Crippen molar-refractivity contribution in [3.63, 3.8) is 0 Å². The van der Waals surface area contributed by atoms with Gasteiger partial charge in [0, 0.05) is 18.4 Å². The molecule has 2 aliphatic heterocycles. The lowest BCUT2D eigenvalue weighted by atomic mass is 9.85. The summed E-state index contributed by atoms with van der Waals surface area (Å²) >= 11 is 0. The van der Waals surface area contributed by atoms with E-state index in [1.54, 1.807) is 33.8 Å². The number of rotatable bonds is 8. The van der Waals surface area contributed by atoms with Gasteiger partial charge in [0.1, 0.15) is 35.6 Å². The van der Waals surface area contributed by atoms with E-state index in [2.05, 4.69) is 20.6 Å². The summed E-state index contributed by atoms with van der Waals surface area (Å²) in [5.41, 5.74) is -3.83. The number of carbonyl (C=O) groups excluding carboxylic acids is 4. The highest BCUT2D eigenvalue weighted by Gasteiger charge is 2.68. The van der Waals surface area contributed by atoms with Gasteiger partial charge < -0.3 is 29.7 Å². The van der Waals surface area contributed by atoms with Crippen LogP contribution in [0.3, 0.4) is 0 Å². The number of benzene rings is 1. The molecule has 3 N–H and O–H groups in total. The minimum absolute atomic E-state index is 0.0516. The van der Waals surface area contributed by atoms with Crippen LogP contribution in [0.4, 0.5) is 22.4 Å². The second kappa shape index (κ2) is 15.4. The van der Waals surface area contributed by atoms with E-state index < -0.39 is 129 Å². The van der Waals surface area contributed by atoms with Gasteiger partial charge in [-0.2, -0.15) is 8.78 Å². The molecule has 4 amide bonds. The molecule has 0 unspecified atom stereocenters. The van der Waals surface area contributed by atoms with Crippen LogP contribution in [0.25, 0.3) is 11.0 Å². The Kier molecular flexibility index (Phi) is 11.2. The van der Waals surface area contributed by atoms with Crippen molar-refractivity contribution in [1.29, 1.82) is 0 Å². The van der Waals surface area contributed by atoms with Gasteiger partial charge in [-0.1, -0.05) is 34.1 Å². The summed E-state index contributed by atoms with van der Waals surface area (Å²) in [6.45, 7) is 7.62. The van der Waals surface area contributed by atoms with E-state index in [0.29, 0.717) is 25.0 Å².